The number of aryl methyl sites for hydroxylation is 3. The largest absolute Gasteiger partial charge is 0.351 e. The summed E-state index contributed by atoms with van der Waals surface area (Å²) >= 11 is 0. The first-order chi connectivity index (χ1) is 9.60. The van der Waals surface area contributed by atoms with Crippen LogP contribution in [0, 0.1) is 6.92 Å². The molecular formula is C17H18N2O. The summed E-state index contributed by atoms with van der Waals surface area (Å²) in [6, 6.07) is 10.4. The molecule has 0 saturated carbocycles. The minimum absolute atomic E-state index is 0.00893. The minimum Gasteiger partial charge on any atom is -0.351 e. The predicted molar refractivity (Wildman–Crippen MR) is 83.1 cm³/mol. The van der Waals surface area contributed by atoms with Gasteiger partial charge in [0.25, 0.3) is 5.56 Å². The zero-order valence-electron chi connectivity index (χ0n) is 12.0. The Bertz CT molecular complexity index is 840. The number of hydrogen-bond acceptors (Lipinski definition) is 1. The van der Waals surface area contributed by atoms with E-state index in [4.69, 9.17) is 0 Å². The summed E-state index contributed by atoms with van der Waals surface area (Å²) in [4.78, 5) is 14.9. The molecule has 0 bridgehead atoms. The van der Waals surface area contributed by atoms with E-state index in [0.717, 1.165) is 23.2 Å². The molecule has 0 unspecified atom stereocenters. The molecule has 1 N–H and O–H groups in total. The lowest BCUT2D eigenvalue weighted by molar-refractivity contribution is 0.969. The summed E-state index contributed by atoms with van der Waals surface area (Å²) in [5, 5.41) is 1.19. The van der Waals surface area contributed by atoms with Crippen LogP contribution in [-0.2, 0) is 13.5 Å². The molecule has 0 aliphatic rings. The Morgan fingerprint density at radius 1 is 1.20 bits per heavy atom. The average molecular weight is 266 g/mol. The maximum atomic E-state index is 11.9. The molecule has 0 aliphatic heterocycles. The lowest BCUT2D eigenvalue weighted by Crippen LogP contribution is -2.12. The number of nitrogens with one attached hydrogen (secondary N) is 1. The normalized spacial score (nSPS) is 11.2. The second-order valence-electron chi connectivity index (χ2n) is 5.24. The molecule has 102 valence electrons. The van der Waals surface area contributed by atoms with Gasteiger partial charge in [-0.1, -0.05) is 13.0 Å². The van der Waals surface area contributed by atoms with Crippen LogP contribution in [0.15, 0.2) is 41.3 Å². The maximum Gasteiger partial charge on any atom is 0.251 e. The Kier molecular flexibility index (Phi) is 2.97. The van der Waals surface area contributed by atoms with Crippen LogP contribution in [0.25, 0.3) is 22.2 Å². The summed E-state index contributed by atoms with van der Waals surface area (Å²) < 4.78 is 2.09. The second kappa shape index (κ2) is 4.67. The van der Waals surface area contributed by atoms with E-state index in [2.05, 4.69) is 40.7 Å². The monoisotopic (exact) mass is 266 g/mol. The predicted octanol–water partition coefficient (Wildman–Crippen LogP) is 3.40. The van der Waals surface area contributed by atoms with Gasteiger partial charge in [-0.2, -0.15) is 0 Å². The van der Waals surface area contributed by atoms with Crippen LogP contribution in [0.1, 0.15) is 18.1 Å². The number of benzene rings is 1. The van der Waals surface area contributed by atoms with E-state index >= 15 is 0 Å². The van der Waals surface area contributed by atoms with Gasteiger partial charge in [0.05, 0.1) is 5.69 Å². The molecule has 3 nitrogen and oxygen atoms in total. The van der Waals surface area contributed by atoms with Crippen LogP contribution >= 0.6 is 0 Å². The SMILES string of the molecule is CCc1cc(C)c(=O)[nH]c1-c1ccc2c(ccn2C)c1. The number of aromatic nitrogens is 2. The fourth-order valence-corrected chi connectivity index (χ4v) is 2.66. The van der Waals surface area contributed by atoms with Crippen LogP contribution in [-0.4, -0.2) is 9.55 Å². The highest BCUT2D eigenvalue weighted by molar-refractivity contribution is 5.85. The van der Waals surface area contributed by atoms with E-state index in [-0.39, 0.29) is 5.56 Å². The Hall–Kier alpha value is -2.29. The lowest BCUT2D eigenvalue weighted by Gasteiger charge is -2.09. The first-order valence-electron chi connectivity index (χ1n) is 6.88. The zero-order valence-corrected chi connectivity index (χ0v) is 12.0. The number of aromatic amines is 1. The van der Waals surface area contributed by atoms with Gasteiger partial charge in [0.15, 0.2) is 0 Å². The Morgan fingerprint density at radius 3 is 2.75 bits per heavy atom. The Balaban J connectivity index is 2.24. The summed E-state index contributed by atoms with van der Waals surface area (Å²) in [6.07, 6.45) is 2.95. The molecule has 0 radical (unpaired) electrons. The number of nitrogens with zero attached hydrogens (tertiary/aromatic N) is 1. The van der Waals surface area contributed by atoms with E-state index < -0.39 is 0 Å². The fourth-order valence-electron chi connectivity index (χ4n) is 2.66. The van der Waals surface area contributed by atoms with Crippen molar-refractivity contribution in [2.75, 3.05) is 0 Å². The molecule has 2 heterocycles. The molecule has 0 amide bonds. The summed E-state index contributed by atoms with van der Waals surface area (Å²) in [5.74, 6) is 0. The molecule has 0 aliphatic carbocycles. The molecule has 3 rings (SSSR count). The first kappa shape index (κ1) is 12.7. The van der Waals surface area contributed by atoms with Crippen molar-refractivity contribution in [2.24, 2.45) is 7.05 Å². The fraction of sp³-hybridized carbons (Fsp3) is 0.235. The molecule has 1 aromatic carbocycles. The van der Waals surface area contributed by atoms with Gasteiger partial charge in [0, 0.05) is 29.7 Å². The topological polar surface area (TPSA) is 37.8 Å². The molecule has 2 aromatic heterocycles. The van der Waals surface area contributed by atoms with E-state index in [9.17, 15) is 4.79 Å². The van der Waals surface area contributed by atoms with E-state index in [1.165, 1.54) is 16.5 Å². The highest BCUT2D eigenvalue weighted by Crippen LogP contribution is 2.26. The molecule has 0 spiro atoms. The standard InChI is InChI=1S/C17H18N2O/c1-4-12-9-11(2)17(20)18-16(12)14-5-6-15-13(10-14)7-8-19(15)3/h5-10H,4H2,1-3H3,(H,18,20). The minimum atomic E-state index is -0.00893. The quantitative estimate of drug-likeness (QED) is 0.758. The third-order valence-corrected chi connectivity index (χ3v) is 3.86. The van der Waals surface area contributed by atoms with Crippen LogP contribution < -0.4 is 5.56 Å². The third-order valence-electron chi connectivity index (χ3n) is 3.86. The molecule has 3 heteroatoms. The summed E-state index contributed by atoms with van der Waals surface area (Å²) in [6.45, 7) is 3.96. The van der Waals surface area contributed by atoms with Gasteiger partial charge in [-0.25, -0.2) is 0 Å². The van der Waals surface area contributed by atoms with Crippen molar-refractivity contribution in [1.29, 1.82) is 0 Å². The molecular weight excluding hydrogens is 248 g/mol. The summed E-state index contributed by atoms with van der Waals surface area (Å²) in [7, 11) is 2.03. The Morgan fingerprint density at radius 2 is 2.00 bits per heavy atom. The van der Waals surface area contributed by atoms with Crippen LogP contribution in [0.5, 0.6) is 0 Å². The van der Waals surface area contributed by atoms with Crippen LogP contribution in [0.2, 0.25) is 0 Å². The second-order valence-corrected chi connectivity index (χ2v) is 5.24. The van der Waals surface area contributed by atoms with Crippen molar-refractivity contribution >= 4 is 10.9 Å². The van der Waals surface area contributed by atoms with Crippen molar-refractivity contribution in [2.45, 2.75) is 20.3 Å². The number of H-pyrrole nitrogens is 1. The molecule has 0 fully saturated rings. The lowest BCUT2D eigenvalue weighted by atomic mass is 10.0. The van der Waals surface area contributed by atoms with Gasteiger partial charge in [-0.15, -0.1) is 0 Å². The van der Waals surface area contributed by atoms with Gasteiger partial charge in [0.2, 0.25) is 0 Å². The number of rotatable bonds is 2. The molecule has 0 saturated heterocycles. The van der Waals surface area contributed by atoms with Crippen LogP contribution in [0.4, 0.5) is 0 Å². The van der Waals surface area contributed by atoms with Gasteiger partial charge in [-0.3, -0.25) is 4.79 Å². The molecule has 0 atom stereocenters. The van der Waals surface area contributed by atoms with Gasteiger partial charge in [-0.05, 0) is 48.7 Å². The third kappa shape index (κ3) is 1.95. The zero-order chi connectivity index (χ0) is 14.3. The van der Waals surface area contributed by atoms with E-state index in [0.29, 0.717) is 0 Å². The Labute approximate surface area is 117 Å². The maximum absolute atomic E-state index is 11.9. The van der Waals surface area contributed by atoms with Crippen molar-refractivity contribution in [3.8, 4) is 11.3 Å². The summed E-state index contributed by atoms with van der Waals surface area (Å²) in [5.41, 5.74) is 5.14. The van der Waals surface area contributed by atoms with E-state index in [1.54, 1.807) is 0 Å². The van der Waals surface area contributed by atoms with Crippen molar-refractivity contribution in [3.05, 3.63) is 58.0 Å². The van der Waals surface area contributed by atoms with Crippen molar-refractivity contribution in [1.82, 2.24) is 9.55 Å². The molecule has 3 aromatic rings. The molecule has 20 heavy (non-hydrogen) atoms. The van der Waals surface area contributed by atoms with Crippen LogP contribution in [0.3, 0.4) is 0 Å². The highest BCUT2D eigenvalue weighted by atomic mass is 16.1. The smallest absolute Gasteiger partial charge is 0.251 e. The number of pyridine rings is 1. The average Bonchev–Trinajstić information content (AvgIpc) is 2.82. The first-order valence-corrected chi connectivity index (χ1v) is 6.88. The van der Waals surface area contributed by atoms with Gasteiger partial charge < -0.3 is 9.55 Å². The van der Waals surface area contributed by atoms with Crippen molar-refractivity contribution in [3.63, 3.8) is 0 Å². The van der Waals surface area contributed by atoms with Gasteiger partial charge >= 0.3 is 0 Å². The highest BCUT2D eigenvalue weighted by Gasteiger charge is 2.08. The number of hydrogen-bond donors (Lipinski definition) is 1. The number of fused-ring (bicyclic) bond motifs is 1. The van der Waals surface area contributed by atoms with Gasteiger partial charge in [0.1, 0.15) is 0 Å². The van der Waals surface area contributed by atoms with Crippen molar-refractivity contribution < 1.29 is 0 Å². The van der Waals surface area contributed by atoms with E-state index in [1.807, 2.05) is 26.2 Å².